The van der Waals surface area contributed by atoms with E-state index in [1.807, 2.05) is 0 Å². The Labute approximate surface area is 274 Å². The third-order valence-electron chi connectivity index (χ3n) is 10.4. The molecule has 46 heavy (non-hydrogen) atoms. The minimum atomic E-state index is -0.794. The van der Waals surface area contributed by atoms with Crippen molar-refractivity contribution < 1.29 is 14.8 Å². The van der Waals surface area contributed by atoms with Crippen molar-refractivity contribution in [2.24, 2.45) is 11.8 Å². The summed E-state index contributed by atoms with van der Waals surface area (Å²) in [6, 6.07) is 23.8. The van der Waals surface area contributed by atoms with Gasteiger partial charge in [0.05, 0.1) is 17.0 Å². The molecule has 3 aliphatic rings. The molecule has 0 saturated carbocycles. The molecule has 4 aromatic carbocycles. The normalized spacial score (nSPS) is 21.3. The number of nitro benzene ring substituents is 1. The molecule has 3 N–H and O–H groups in total. The highest BCUT2D eigenvalue weighted by Gasteiger charge is 2.47. The number of hydrogen-bond acceptors (Lipinski definition) is 6. The summed E-state index contributed by atoms with van der Waals surface area (Å²) in [5, 5.41) is 23.7. The lowest BCUT2D eigenvalue weighted by molar-refractivity contribution is -0.385. The van der Waals surface area contributed by atoms with Gasteiger partial charge in [-0.1, -0.05) is 36.4 Å². The molecule has 7 nitrogen and oxygen atoms in total. The number of rotatable bonds is 5. The molecule has 0 aromatic heterocycles. The van der Waals surface area contributed by atoms with Crippen LogP contribution in [-0.4, -0.2) is 20.9 Å². The van der Waals surface area contributed by atoms with Crippen LogP contribution in [0.15, 0.2) is 60.7 Å². The quantitative estimate of drug-likeness (QED) is 0.0685. The van der Waals surface area contributed by atoms with Crippen LogP contribution in [0.3, 0.4) is 0 Å². The summed E-state index contributed by atoms with van der Waals surface area (Å²) in [5.41, 5.74) is 15.3. The van der Waals surface area contributed by atoms with Crippen molar-refractivity contribution in [3.05, 3.63) is 115 Å². The Morgan fingerprint density at radius 3 is 2.41 bits per heavy atom. The van der Waals surface area contributed by atoms with Gasteiger partial charge in [0.1, 0.15) is 5.56 Å². The van der Waals surface area contributed by atoms with Gasteiger partial charge in [-0.15, -0.1) is 0 Å². The van der Waals surface area contributed by atoms with Crippen LogP contribution in [0.5, 0.6) is 0 Å². The summed E-state index contributed by atoms with van der Waals surface area (Å²) in [7, 11) is 0. The van der Waals surface area contributed by atoms with Crippen molar-refractivity contribution in [2.45, 2.75) is 69.7 Å². The molecule has 7 rings (SSSR count). The van der Waals surface area contributed by atoms with Gasteiger partial charge in [-0.3, -0.25) is 14.9 Å². The molecule has 1 fully saturated rings. The molecule has 2 aliphatic carbocycles. The molecular formula is C38H37N3O4S. The first kappa shape index (κ1) is 30.2. The number of fused-ring (bicyclic) bond motifs is 7. The predicted molar refractivity (Wildman–Crippen MR) is 184 cm³/mol. The number of thiol groups is 1. The Kier molecular flexibility index (Phi) is 7.90. The van der Waals surface area contributed by atoms with E-state index >= 15 is 0 Å². The van der Waals surface area contributed by atoms with Crippen molar-refractivity contribution in [1.82, 2.24) is 4.90 Å². The van der Waals surface area contributed by atoms with E-state index in [4.69, 9.17) is 5.73 Å². The van der Waals surface area contributed by atoms with Gasteiger partial charge in [-0.25, -0.2) is 0 Å². The largest absolute Gasteiger partial charge is 0.481 e. The zero-order valence-corrected chi connectivity index (χ0v) is 26.7. The van der Waals surface area contributed by atoms with Crippen LogP contribution < -0.4 is 5.73 Å². The number of anilines is 1. The van der Waals surface area contributed by atoms with Gasteiger partial charge < -0.3 is 15.7 Å². The number of piperidine rings is 1. The molecule has 4 atom stereocenters. The maximum absolute atomic E-state index is 11.9. The molecular weight excluding hydrogens is 595 g/mol. The number of hydrogen-bond donors (Lipinski definition) is 3. The third kappa shape index (κ3) is 5.47. The molecule has 1 saturated heterocycles. The van der Waals surface area contributed by atoms with Crippen LogP contribution in [0.1, 0.15) is 82.3 Å². The number of likely N-dealkylation sites (tertiary alicyclic amines) is 1. The average molecular weight is 632 g/mol. The van der Waals surface area contributed by atoms with E-state index in [1.54, 1.807) is 12.1 Å². The Hall–Kier alpha value is -4.48. The summed E-state index contributed by atoms with van der Waals surface area (Å²) in [5.74, 6) is 3.92. The van der Waals surface area contributed by atoms with Gasteiger partial charge in [0.25, 0.3) is 5.69 Å². The molecule has 0 bridgehead atoms. The van der Waals surface area contributed by atoms with E-state index in [0.717, 1.165) is 43.2 Å². The third-order valence-corrected chi connectivity index (χ3v) is 10.8. The monoisotopic (exact) mass is 631 g/mol. The van der Waals surface area contributed by atoms with Crippen molar-refractivity contribution in [1.29, 1.82) is 0 Å². The molecule has 234 valence electrons. The molecule has 1 heterocycles. The van der Waals surface area contributed by atoms with Gasteiger partial charge in [0.2, 0.25) is 0 Å². The number of nitro groups is 1. The molecule has 4 unspecified atom stereocenters. The number of carboxylic acids is 1. The number of aliphatic carboxylic acids is 1. The summed E-state index contributed by atoms with van der Waals surface area (Å²) in [6.45, 7) is 2.07. The molecule has 4 aromatic rings. The Morgan fingerprint density at radius 1 is 1.00 bits per heavy atom. The van der Waals surface area contributed by atoms with E-state index in [-0.39, 0.29) is 24.2 Å². The SMILES string of the molecule is Cc1cc2c(cc1CCC(=O)O)CCC1CC3CCc4cc5cc(CS)ccc5cc4C3N(C#Cc3cc(N)ccc3[N+](=O)[O-])C21. The average Bonchev–Trinajstić information content (AvgIpc) is 3.04. The van der Waals surface area contributed by atoms with E-state index < -0.39 is 10.9 Å². The fourth-order valence-corrected chi connectivity index (χ4v) is 8.42. The Bertz CT molecular complexity index is 1960. The second-order valence-electron chi connectivity index (χ2n) is 13.2. The predicted octanol–water partition coefficient (Wildman–Crippen LogP) is 7.71. The lowest BCUT2D eigenvalue weighted by Crippen LogP contribution is -2.46. The van der Waals surface area contributed by atoms with Gasteiger partial charge in [0.15, 0.2) is 0 Å². The lowest BCUT2D eigenvalue weighted by atomic mass is 9.65. The summed E-state index contributed by atoms with van der Waals surface area (Å²) in [4.78, 5) is 25.2. The molecule has 8 heteroatoms. The zero-order chi connectivity index (χ0) is 32.1. The molecule has 1 aliphatic heterocycles. The fraction of sp³-hybridized carbons (Fsp3) is 0.342. The maximum atomic E-state index is 11.9. The fourth-order valence-electron chi connectivity index (χ4n) is 8.22. The minimum Gasteiger partial charge on any atom is -0.481 e. The first-order valence-electron chi connectivity index (χ1n) is 16.0. The van der Waals surface area contributed by atoms with Gasteiger partial charge in [-0.2, -0.15) is 12.6 Å². The van der Waals surface area contributed by atoms with E-state index in [9.17, 15) is 20.0 Å². The van der Waals surface area contributed by atoms with Gasteiger partial charge >= 0.3 is 5.97 Å². The highest BCUT2D eigenvalue weighted by molar-refractivity contribution is 7.79. The van der Waals surface area contributed by atoms with E-state index in [0.29, 0.717) is 35.3 Å². The summed E-state index contributed by atoms with van der Waals surface area (Å²) < 4.78 is 0. The van der Waals surface area contributed by atoms with E-state index in [1.165, 1.54) is 44.7 Å². The highest BCUT2D eigenvalue weighted by Crippen LogP contribution is 2.55. The number of aryl methyl sites for hydroxylation is 4. The number of carbonyl (C=O) groups is 1. The first-order valence-corrected chi connectivity index (χ1v) is 16.7. The van der Waals surface area contributed by atoms with Crippen molar-refractivity contribution >= 4 is 40.7 Å². The minimum absolute atomic E-state index is 0.0121. The van der Waals surface area contributed by atoms with Crippen LogP contribution in [0.4, 0.5) is 11.4 Å². The Balaban J connectivity index is 1.39. The maximum Gasteiger partial charge on any atom is 0.303 e. The molecule has 0 radical (unpaired) electrons. The first-order chi connectivity index (χ1) is 22.2. The van der Waals surface area contributed by atoms with Crippen molar-refractivity contribution in [2.75, 3.05) is 5.73 Å². The number of carboxylic acid groups (broad SMARTS) is 1. The van der Waals surface area contributed by atoms with Crippen LogP contribution in [0.2, 0.25) is 0 Å². The molecule has 0 amide bonds. The van der Waals surface area contributed by atoms with E-state index in [2.05, 4.69) is 78.9 Å². The number of nitrogens with two attached hydrogens (primary N) is 1. The second kappa shape index (κ2) is 12.0. The summed E-state index contributed by atoms with van der Waals surface area (Å²) >= 11 is 4.49. The van der Waals surface area contributed by atoms with Crippen molar-refractivity contribution in [3.8, 4) is 12.0 Å². The van der Waals surface area contributed by atoms with Crippen LogP contribution in [0.25, 0.3) is 10.8 Å². The number of nitrogens with zero attached hydrogens (tertiary/aromatic N) is 2. The number of benzene rings is 4. The standard InChI is InChI=1S/C38H37N3O4S/c1-22-14-33-26(16-24(22)8-11-36(42)43)4-6-29-18-30-7-5-27-17-31-15-23(21-46)2-3-25(31)20-34(27)38(30)40(37(29)33)13-12-28-19-32(39)9-10-35(28)41(44)45/h2-3,9-10,14-17,19-20,29-30,37-38,46H,4-8,11,18,21,39H2,1H3,(H,42,43). The second-order valence-corrected chi connectivity index (χ2v) is 13.5. The van der Waals surface area contributed by atoms with Crippen molar-refractivity contribution in [3.63, 3.8) is 0 Å². The van der Waals surface area contributed by atoms with Gasteiger partial charge in [-0.05, 0) is 131 Å². The van der Waals surface area contributed by atoms with Crippen LogP contribution in [0, 0.1) is 40.8 Å². The highest BCUT2D eigenvalue weighted by atomic mass is 32.1. The van der Waals surface area contributed by atoms with Crippen LogP contribution >= 0.6 is 12.6 Å². The molecule has 0 spiro atoms. The zero-order valence-electron chi connectivity index (χ0n) is 25.8. The van der Waals surface area contributed by atoms with Gasteiger partial charge in [0, 0.05) is 30.0 Å². The summed E-state index contributed by atoms with van der Waals surface area (Å²) in [6.07, 6.45) is 5.76. The smallest absolute Gasteiger partial charge is 0.303 e. The Morgan fingerprint density at radius 2 is 1.72 bits per heavy atom. The number of nitrogen functional groups attached to an aromatic ring is 1. The topological polar surface area (TPSA) is 110 Å². The lowest BCUT2D eigenvalue weighted by Gasteiger charge is -2.53. The van der Waals surface area contributed by atoms with Crippen LogP contribution in [-0.2, 0) is 29.8 Å².